The molecule has 7 heteroatoms. The molecular formula is C34H42N2O4S. The van der Waals surface area contributed by atoms with Gasteiger partial charge >= 0.3 is 0 Å². The lowest BCUT2D eigenvalue weighted by Crippen LogP contribution is -2.37. The SMILES string of the molecule is COc1ccc(C2c3cc(OC)c(OC)cc3CCN2CCCCCCC(C#N)Sc2ccc(C)cc2)cc1OC. The number of nitriles is 1. The fourth-order valence-electron chi connectivity index (χ4n) is 5.58. The third-order valence-electron chi connectivity index (χ3n) is 7.80. The number of hydrogen-bond acceptors (Lipinski definition) is 7. The average Bonchev–Trinajstić information content (AvgIpc) is 3.01. The van der Waals surface area contributed by atoms with Crippen LogP contribution >= 0.6 is 11.8 Å². The van der Waals surface area contributed by atoms with Crippen molar-refractivity contribution in [3.05, 3.63) is 76.9 Å². The van der Waals surface area contributed by atoms with Crippen LogP contribution in [0.25, 0.3) is 0 Å². The summed E-state index contributed by atoms with van der Waals surface area (Å²) in [6, 6.07) is 21.5. The summed E-state index contributed by atoms with van der Waals surface area (Å²) >= 11 is 1.68. The zero-order chi connectivity index (χ0) is 29.2. The van der Waals surface area contributed by atoms with E-state index in [9.17, 15) is 5.26 Å². The van der Waals surface area contributed by atoms with E-state index in [0.29, 0.717) is 0 Å². The van der Waals surface area contributed by atoms with Crippen LogP contribution in [0.4, 0.5) is 0 Å². The van der Waals surface area contributed by atoms with E-state index in [1.54, 1.807) is 40.2 Å². The molecule has 2 unspecified atom stereocenters. The van der Waals surface area contributed by atoms with Crippen LogP contribution in [0, 0.1) is 18.3 Å². The molecule has 218 valence electrons. The summed E-state index contributed by atoms with van der Waals surface area (Å²) in [5.74, 6) is 2.96. The summed E-state index contributed by atoms with van der Waals surface area (Å²) < 4.78 is 22.5. The van der Waals surface area contributed by atoms with Crippen LogP contribution in [0.2, 0.25) is 0 Å². The third kappa shape index (κ3) is 7.69. The molecule has 1 heterocycles. The van der Waals surface area contributed by atoms with Crippen LogP contribution in [-0.4, -0.2) is 51.7 Å². The van der Waals surface area contributed by atoms with Gasteiger partial charge in [-0.05, 0) is 85.8 Å². The van der Waals surface area contributed by atoms with E-state index in [2.05, 4.69) is 66.4 Å². The summed E-state index contributed by atoms with van der Waals surface area (Å²) in [5.41, 5.74) is 4.94. The number of fused-ring (bicyclic) bond motifs is 1. The Morgan fingerprint density at radius 2 is 1.49 bits per heavy atom. The molecule has 0 amide bonds. The molecule has 0 saturated heterocycles. The minimum absolute atomic E-state index is 0.00212. The molecule has 1 aliphatic rings. The molecule has 0 fully saturated rings. The molecule has 3 aromatic carbocycles. The van der Waals surface area contributed by atoms with Crippen molar-refractivity contribution in [3.63, 3.8) is 0 Å². The molecule has 0 saturated carbocycles. The van der Waals surface area contributed by atoms with Gasteiger partial charge in [-0.2, -0.15) is 5.26 Å². The standard InChI is InChI=1S/C34H42N2O4S/c1-24-11-14-27(15-12-24)41-28(23-35)10-8-6-7-9-18-36-19-17-25-20-32(39-4)33(40-5)22-29(25)34(36)26-13-16-30(37-2)31(21-26)38-3/h11-16,20-22,28,34H,6-10,17-19H2,1-5H3. The monoisotopic (exact) mass is 574 g/mol. The van der Waals surface area contributed by atoms with E-state index in [0.717, 1.165) is 74.6 Å². The van der Waals surface area contributed by atoms with Crippen LogP contribution in [0.15, 0.2) is 59.5 Å². The normalized spacial score (nSPS) is 15.5. The molecule has 0 aliphatic carbocycles. The minimum Gasteiger partial charge on any atom is -0.493 e. The second kappa shape index (κ2) is 15.0. The van der Waals surface area contributed by atoms with Gasteiger partial charge in [0, 0.05) is 11.4 Å². The predicted molar refractivity (Wildman–Crippen MR) is 166 cm³/mol. The topological polar surface area (TPSA) is 64.0 Å². The number of thioether (sulfide) groups is 1. The summed E-state index contributed by atoms with van der Waals surface area (Å²) in [6.07, 6.45) is 6.32. The van der Waals surface area contributed by atoms with Crippen molar-refractivity contribution in [2.45, 2.75) is 61.6 Å². The molecule has 0 bridgehead atoms. The van der Waals surface area contributed by atoms with Crippen LogP contribution in [0.1, 0.15) is 60.4 Å². The summed E-state index contributed by atoms with van der Waals surface area (Å²) in [5, 5.41) is 9.66. The van der Waals surface area contributed by atoms with E-state index in [1.165, 1.54) is 27.1 Å². The van der Waals surface area contributed by atoms with Crippen molar-refractivity contribution in [2.24, 2.45) is 0 Å². The Morgan fingerprint density at radius 3 is 2.17 bits per heavy atom. The maximum absolute atomic E-state index is 9.66. The molecule has 0 spiro atoms. The van der Waals surface area contributed by atoms with Crippen molar-refractivity contribution >= 4 is 11.8 Å². The number of hydrogen-bond donors (Lipinski definition) is 0. The van der Waals surface area contributed by atoms with Gasteiger partial charge in [-0.15, -0.1) is 11.8 Å². The van der Waals surface area contributed by atoms with Gasteiger partial charge in [-0.3, -0.25) is 4.90 Å². The maximum atomic E-state index is 9.66. The number of ether oxygens (including phenoxy) is 4. The molecule has 6 nitrogen and oxygen atoms in total. The molecular weight excluding hydrogens is 532 g/mol. The predicted octanol–water partition coefficient (Wildman–Crippen LogP) is 7.61. The van der Waals surface area contributed by atoms with Gasteiger partial charge in [0.2, 0.25) is 0 Å². The second-order valence-electron chi connectivity index (χ2n) is 10.5. The van der Waals surface area contributed by atoms with Gasteiger partial charge in [0.05, 0.1) is 45.8 Å². The fraction of sp³-hybridized carbons (Fsp3) is 0.441. The Labute approximate surface area is 249 Å². The lowest BCUT2D eigenvalue weighted by Gasteiger charge is -2.38. The summed E-state index contributed by atoms with van der Waals surface area (Å²) in [6.45, 7) is 4.04. The van der Waals surface area contributed by atoms with Crippen molar-refractivity contribution in [1.29, 1.82) is 5.26 Å². The van der Waals surface area contributed by atoms with Gasteiger partial charge in [0.25, 0.3) is 0 Å². The van der Waals surface area contributed by atoms with Gasteiger partial charge in [-0.25, -0.2) is 0 Å². The number of rotatable bonds is 14. The smallest absolute Gasteiger partial charge is 0.161 e. The molecule has 2 atom stereocenters. The van der Waals surface area contributed by atoms with E-state index in [4.69, 9.17) is 18.9 Å². The Hall–Kier alpha value is -3.34. The number of unbranched alkanes of at least 4 members (excludes halogenated alkanes) is 3. The van der Waals surface area contributed by atoms with Crippen LogP contribution in [0.5, 0.6) is 23.0 Å². The van der Waals surface area contributed by atoms with Crippen molar-refractivity contribution in [2.75, 3.05) is 41.5 Å². The highest BCUT2D eigenvalue weighted by atomic mass is 32.2. The number of methoxy groups -OCH3 is 4. The third-order valence-corrected chi connectivity index (χ3v) is 8.97. The highest BCUT2D eigenvalue weighted by Crippen LogP contribution is 2.43. The molecule has 0 radical (unpaired) electrons. The molecule has 41 heavy (non-hydrogen) atoms. The van der Waals surface area contributed by atoms with E-state index < -0.39 is 0 Å². The van der Waals surface area contributed by atoms with Gasteiger partial charge in [0.1, 0.15) is 0 Å². The van der Waals surface area contributed by atoms with E-state index in [-0.39, 0.29) is 11.3 Å². The van der Waals surface area contributed by atoms with E-state index >= 15 is 0 Å². The lowest BCUT2D eigenvalue weighted by atomic mass is 9.87. The van der Waals surface area contributed by atoms with Crippen LogP contribution in [0.3, 0.4) is 0 Å². The van der Waals surface area contributed by atoms with Gasteiger partial charge in [-0.1, -0.05) is 43.0 Å². The van der Waals surface area contributed by atoms with Crippen molar-refractivity contribution < 1.29 is 18.9 Å². The van der Waals surface area contributed by atoms with Crippen LogP contribution in [-0.2, 0) is 6.42 Å². The Morgan fingerprint density at radius 1 is 0.829 bits per heavy atom. The van der Waals surface area contributed by atoms with Crippen molar-refractivity contribution in [1.82, 2.24) is 4.90 Å². The van der Waals surface area contributed by atoms with E-state index in [1.807, 2.05) is 6.07 Å². The highest BCUT2D eigenvalue weighted by molar-refractivity contribution is 8.00. The Kier molecular flexibility index (Phi) is 11.2. The maximum Gasteiger partial charge on any atom is 0.161 e. The highest BCUT2D eigenvalue weighted by Gasteiger charge is 2.31. The Balaban J connectivity index is 1.41. The number of aryl methyl sites for hydroxylation is 1. The summed E-state index contributed by atoms with van der Waals surface area (Å²) in [4.78, 5) is 3.74. The lowest BCUT2D eigenvalue weighted by molar-refractivity contribution is 0.207. The number of benzene rings is 3. The zero-order valence-electron chi connectivity index (χ0n) is 24.9. The largest absolute Gasteiger partial charge is 0.493 e. The van der Waals surface area contributed by atoms with Gasteiger partial charge in [0.15, 0.2) is 23.0 Å². The quantitative estimate of drug-likeness (QED) is 0.145. The summed E-state index contributed by atoms with van der Waals surface area (Å²) in [7, 11) is 6.72. The molecule has 4 rings (SSSR count). The molecule has 3 aromatic rings. The second-order valence-corrected chi connectivity index (χ2v) is 11.7. The first-order valence-corrected chi connectivity index (χ1v) is 15.2. The molecule has 0 aromatic heterocycles. The Bertz CT molecular complexity index is 1320. The first kappa shape index (κ1) is 30.6. The van der Waals surface area contributed by atoms with Crippen LogP contribution < -0.4 is 18.9 Å². The fourth-order valence-corrected chi connectivity index (χ4v) is 6.54. The first-order chi connectivity index (χ1) is 20.0. The van der Waals surface area contributed by atoms with Gasteiger partial charge < -0.3 is 18.9 Å². The average molecular weight is 575 g/mol. The molecule has 1 aliphatic heterocycles. The number of nitrogens with zero attached hydrogens (tertiary/aromatic N) is 2. The minimum atomic E-state index is -0.00212. The zero-order valence-corrected chi connectivity index (χ0v) is 25.8. The first-order valence-electron chi connectivity index (χ1n) is 14.3. The molecule has 0 N–H and O–H groups in total. The van der Waals surface area contributed by atoms with Crippen molar-refractivity contribution in [3.8, 4) is 29.1 Å².